The zero-order valence-corrected chi connectivity index (χ0v) is 21.1. The number of alkyl halides is 3. The van der Waals surface area contributed by atoms with Gasteiger partial charge in [0.25, 0.3) is 5.78 Å². The van der Waals surface area contributed by atoms with Gasteiger partial charge in [-0.1, -0.05) is 23.8 Å². The topological polar surface area (TPSA) is 101 Å². The van der Waals surface area contributed by atoms with Crippen LogP contribution in [0.3, 0.4) is 0 Å². The summed E-state index contributed by atoms with van der Waals surface area (Å²) in [7, 11) is -2.32. The van der Waals surface area contributed by atoms with E-state index in [0.717, 1.165) is 0 Å². The second-order valence-corrected chi connectivity index (χ2v) is 12.5. The molecular formula is C25H26F3N4O3P. The zero-order valence-electron chi connectivity index (χ0n) is 20.2. The average molecular weight is 518 g/mol. The van der Waals surface area contributed by atoms with Crippen LogP contribution < -0.4 is 10.6 Å². The summed E-state index contributed by atoms with van der Waals surface area (Å²) in [5.41, 5.74) is 1.46. The first-order valence-electron chi connectivity index (χ1n) is 11.0. The molecule has 0 amide bonds. The number of nitrogens with one attached hydrogen (secondary N) is 2. The van der Waals surface area contributed by atoms with Crippen molar-refractivity contribution in [3.8, 4) is 0 Å². The number of rotatable bonds is 9. The smallest absolute Gasteiger partial charge is 0.339 e. The van der Waals surface area contributed by atoms with Crippen LogP contribution in [0.5, 0.6) is 0 Å². The van der Waals surface area contributed by atoms with Gasteiger partial charge in [0.05, 0.1) is 18.4 Å². The summed E-state index contributed by atoms with van der Waals surface area (Å²) in [5.74, 6) is -1.75. The summed E-state index contributed by atoms with van der Waals surface area (Å²) in [6, 6.07) is 10.8. The Morgan fingerprint density at radius 3 is 2.42 bits per heavy atom. The molecule has 0 radical (unpaired) electrons. The maximum atomic E-state index is 13.1. The molecule has 1 aromatic heterocycles. The number of aromatic nitrogens is 2. The number of anilines is 4. The number of carbonyl (C=O) groups is 2. The molecule has 3 rings (SSSR count). The van der Waals surface area contributed by atoms with Crippen LogP contribution in [0.1, 0.15) is 38.3 Å². The van der Waals surface area contributed by atoms with Gasteiger partial charge in [0.2, 0.25) is 5.95 Å². The first-order chi connectivity index (χ1) is 16.7. The quantitative estimate of drug-likeness (QED) is 0.246. The minimum Gasteiger partial charge on any atom is -0.339 e. The van der Waals surface area contributed by atoms with Crippen LogP contribution in [0.25, 0.3) is 0 Å². The summed E-state index contributed by atoms with van der Waals surface area (Å²) < 4.78 is 51.3. The van der Waals surface area contributed by atoms with Gasteiger partial charge in [0.1, 0.15) is 5.82 Å². The van der Waals surface area contributed by atoms with E-state index in [-0.39, 0.29) is 29.7 Å². The van der Waals surface area contributed by atoms with Crippen molar-refractivity contribution in [3.63, 3.8) is 0 Å². The van der Waals surface area contributed by atoms with E-state index in [4.69, 9.17) is 0 Å². The Morgan fingerprint density at radius 1 is 1.03 bits per heavy atom. The molecule has 0 aliphatic heterocycles. The fraction of sp³-hybridized carbons (Fsp3) is 0.280. The number of nitrogens with zero attached hydrogens (tertiary/aromatic N) is 2. The average Bonchev–Trinajstić information content (AvgIpc) is 2.79. The van der Waals surface area contributed by atoms with Crippen LogP contribution in [-0.4, -0.2) is 47.2 Å². The molecule has 11 heteroatoms. The van der Waals surface area contributed by atoms with Gasteiger partial charge in [-0.3, -0.25) is 9.59 Å². The highest BCUT2D eigenvalue weighted by Crippen LogP contribution is 2.36. The van der Waals surface area contributed by atoms with E-state index >= 15 is 0 Å². The summed E-state index contributed by atoms with van der Waals surface area (Å²) in [4.78, 5) is 33.0. The van der Waals surface area contributed by atoms with E-state index in [1.807, 2.05) is 0 Å². The Kier molecular flexibility index (Phi) is 7.99. The molecule has 2 aromatic carbocycles. The SMILES string of the molecule is Cc1ccc(Nc2nc(Nc3cccc(C(=O)CCP(C)(C)=O)c3)ncc2C)c(C(=O)C(F)(F)F)c1. The maximum Gasteiger partial charge on any atom is 0.454 e. The molecule has 190 valence electrons. The molecule has 0 bridgehead atoms. The van der Waals surface area contributed by atoms with E-state index in [9.17, 15) is 27.3 Å². The van der Waals surface area contributed by atoms with Crippen LogP contribution >= 0.6 is 7.14 Å². The van der Waals surface area contributed by atoms with E-state index in [1.165, 1.54) is 18.3 Å². The molecule has 7 nitrogen and oxygen atoms in total. The van der Waals surface area contributed by atoms with E-state index in [1.54, 1.807) is 57.5 Å². The largest absolute Gasteiger partial charge is 0.454 e. The number of Topliss-reactive ketones (excluding diaryl/α,β-unsaturated/α-hetero) is 2. The van der Waals surface area contributed by atoms with Gasteiger partial charge in [-0.15, -0.1) is 0 Å². The first-order valence-corrected chi connectivity index (χ1v) is 13.8. The Hall–Kier alpha value is -3.52. The Bertz CT molecular complexity index is 1350. The lowest BCUT2D eigenvalue weighted by atomic mass is 10.0. The molecule has 0 spiro atoms. The fourth-order valence-electron chi connectivity index (χ4n) is 3.28. The molecule has 36 heavy (non-hydrogen) atoms. The number of hydrogen-bond donors (Lipinski definition) is 2. The van der Waals surface area contributed by atoms with Gasteiger partial charge in [-0.25, -0.2) is 4.98 Å². The number of carbonyl (C=O) groups excluding carboxylic acids is 2. The molecular weight excluding hydrogens is 492 g/mol. The van der Waals surface area contributed by atoms with E-state index < -0.39 is 24.7 Å². The molecule has 1 heterocycles. The zero-order chi connectivity index (χ0) is 26.7. The predicted molar refractivity (Wildman–Crippen MR) is 135 cm³/mol. The third kappa shape index (κ3) is 7.24. The highest BCUT2D eigenvalue weighted by molar-refractivity contribution is 7.62. The van der Waals surface area contributed by atoms with Crippen LogP contribution in [0.15, 0.2) is 48.7 Å². The van der Waals surface area contributed by atoms with Crippen LogP contribution in [0, 0.1) is 13.8 Å². The molecule has 3 aromatic rings. The van der Waals surface area contributed by atoms with Crippen LogP contribution in [0.2, 0.25) is 0 Å². The number of benzene rings is 2. The minimum atomic E-state index is -5.02. The Morgan fingerprint density at radius 2 is 1.75 bits per heavy atom. The second kappa shape index (κ2) is 10.6. The van der Waals surface area contributed by atoms with Gasteiger partial charge in [0, 0.05) is 35.6 Å². The number of hydrogen-bond acceptors (Lipinski definition) is 7. The second-order valence-electron chi connectivity index (χ2n) is 8.90. The van der Waals surface area contributed by atoms with Gasteiger partial charge in [-0.05, 0) is 51.4 Å². The summed E-state index contributed by atoms with van der Waals surface area (Å²) in [6.45, 7) is 6.54. The van der Waals surface area contributed by atoms with E-state index in [0.29, 0.717) is 28.5 Å². The third-order valence-electron chi connectivity index (χ3n) is 5.22. The van der Waals surface area contributed by atoms with Crippen LogP contribution in [0.4, 0.5) is 36.3 Å². The predicted octanol–water partition coefficient (Wildman–Crippen LogP) is 6.52. The van der Waals surface area contributed by atoms with Crippen molar-refractivity contribution in [2.75, 3.05) is 30.1 Å². The van der Waals surface area contributed by atoms with Crippen molar-refractivity contribution in [1.29, 1.82) is 0 Å². The highest BCUT2D eigenvalue weighted by Gasteiger charge is 2.40. The van der Waals surface area contributed by atoms with Crippen LogP contribution in [-0.2, 0) is 4.57 Å². The van der Waals surface area contributed by atoms with Gasteiger partial charge >= 0.3 is 6.18 Å². The molecule has 0 saturated heterocycles. The number of aryl methyl sites for hydroxylation is 2. The Balaban J connectivity index is 1.84. The van der Waals surface area contributed by atoms with Crippen molar-refractivity contribution >= 4 is 41.8 Å². The lowest BCUT2D eigenvalue weighted by Crippen LogP contribution is -2.24. The highest BCUT2D eigenvalue weighted by atomic mass is 31.2. The van der Waals surface area contributed by atoms with Crippen molar-refractivity contribution in [3.05, 3.63) is 70.9 Å². The molecule has 0 atom stereocenters. The maximum absolute atomic E-state index is 13.1. The molecule has 0 saturated carbocycles. The molecule has 0 aliphatic rings. The number of ketones is 2. The van der Waals surface area contributed by atoms with Crippen molar-refractivity contribution in [2.45, 2.75) is 26.4 Å². The first kappa shape index (κ1) is 27.1. The van der Waals surface area contributed by atoms with Gasteiger partial charge in [-0.2, -0.15) is 18.2 Å². The molecule has 0 fully saturated rings. The lowest BCUT2D eigenvalue weighted by molar-refractivity contribution is -0.0884. The van der Waals surface area contributed by atoms with Crippen molar-refractivity contribution < 1.29 is 27.3 Å². The standard InChI is InChI=1S/C25H26F3N4O3P/c1-15-8-9-20(19(12-15)22(34)25(26,27)28)31-23-16(2)14-29-24(32-23)30-18-7-5-6-17(13-18)21(33)10-11-36(3,4)35/h5-9,12-14H,10-11H2,1-4H3,(H2,29,30,31,32). The monoisotopic (exact) mass is 518 g/mol. The molecule has 2 N–H and O–H groups in total. The molecule has 0 unspecified atom stereocenters. The lowest BCUT2D eigenvalue weighted by Gasteiger charge is -2.15. The van der Waals surface area contributed by atoms with E-state index in [2.05, 4.69) is 20.6 Å². The van der Waals surface area contributed by atoms with Crippen molar-refractivity contribution in [1.82, 2.24) is 9.97 Å². The summed E-state index contributed by atoms with van der Waals surface area (Å²) in [5, 5.41) is 5.79. The van der Waals surface area contributed by atoms with Crippen molar-refractivity contribution in [2.24, 2.45) is 0 Å². The fourth-order valence-corrected chi connectivity index (χ4v) is 4.02. The normalized spacial score (nSPS) is 11.8. The Labute approximate surface area is 206 Å². The minimum absolute atomic E-state index is 0.0348. The molecule has 0 aliphatic carbocycles. The summed E-state index contributed by atoms with van der Waals surface area (Å²) >= 11 is 0. The third-order valence-corrected chi connectivity index (χ3v) is 6.52. The van der Waals surface area contributed by atoms with Gasteiger partial charge in [0.15, 0.2) is 5.78 Å². The van der Waals surface area contributed by atoms with Gasteiger partial charge < -0.3 is 15.2 Å². The summed E-state index contributed by atoms with van der Waals surface area (Å²) in [6.07, 6.45) is -3.06. The number of halogens is 3.